The van der Waals surface area contributed by atoms with Crippen molar-refractivity contribution in [1.82, 2.24) is 0 Å². The minimum Gasteiger partial charge on any atom is -0.508 e. The summed E-state index contributed by atoms with van der Waals surface area (Å²) in [7, 11) is 0. The van der Waals surface area contributed by atoms with Crippen LogP contribution in [0.5, 0.6) is 5.75 Å². The van der Waals surface area contributed by atoms with Gasteiger partial charge in [-0.25, -0.2) is 0 Å². The highest BCUT2D eigenvalue weighted by molar-refractivity contribution is 5.83. The first kappa shape index (κ1) is 9.88. The van der Waals surface area contributed by atoms with Crippen LogP contribution < -0.4 is 0 Å². The zero-order valence-corrected chi connectivity index (χ0v) is 9.28. The summed E-state index contributed by atoms with van der Waals surface area (Å²) < 4.78 is 0. The number of carbonyl (C=O) groups is 1. The van der Waals surface area contributed by atoms with Crippen LogP contribution >= 0.6 is 0 Å². The maximum absolute atomic E-state index is 11.9. The van der Waals surface area contributed by atoms with Gasteiger partial charge in [-0.2, -0.15) is 0 Å². The van der Waals surface area contributed by atoms with E-state index in [9.17, 15) is 9.90 Å². The third-order valence-electron chi connectivity index (χ3n) is 4.09. The molecular weight excluding hydrogens is 200 g/mol. The first-order valence-corrected chi connectivity index (χ1v) is 6.10. The molecule has 2 nitrogen and oxygen atoms in total. The predicted molar refractivity (Wildman–Crippen MR) is 61.5 cm³/mol. The first-order chi connectivity index (χ1) is 7.75. The molecule has 1 N–H and O–H groups in total. The highest BCUT2D eigenvalue weighted by atomic mass is 16.3. The minimum absolute atomic E-state index is 0.255. The van der Waals surface area contributed by atoms with E-state index in [2.05, 4.69) is 0 Å². The predicted octanol–water partition coefficient (Wildman–Crippen LogP) is 2.79. The molecule has 1 aromatic rings. The lowest BCUT2D eigenvalue weighted by Crippen LogP contribution is -2.31. The molecule has 0 bridgehead atoms. The van der Waals surface area contributed by atoms with Gasteiger partial charge in [0.05, 0.1) is 0 Å². The molecule has 3 rings (SSSR count). The molecular formula is C14H16O2. The summed E-state index contributed by atoms with van der Waals surface area (Å²) >= 11 is 0. The van der Waals surface area contributed by atoms with E-state index >= 15 is 0 Å². The first-order valence-electron chi connectivity index (χ1n) is 6.10. The molecule has 1 saturated carbocycles. The zero-order valence-electron chi connectivity index (χ0n) is 9.28. The normalized spacial score (nSPS) is 28.4. The highest BCUT2D eigenvalue weighted by Gasteiger charge is 2.36. The van der Waals surface area contributed by atoms with E-state index in [1.165, 1.54) is 11.1 Å². The van der Waals surface area contributed by atoms with E-state index in [4.69, 9.17) is 0 Å². The third-order valence-corrected chi connectivity index (χ3v) is 4.09. The van der Waals surface area contributed by atoms with E-state index in [0.29, 0.717) is 17.5 Å². The number of rotatable bonds is 0. The smallest absolute Gasteiger partial charge is 0.136 e. The highest BCUT2D eigenvalue weighted by Crippen LogP contribution is 2.44. The molecule has 1 fully saturated rings. The molecule has 0 aromatic heterocycles. The van der Waals surface area contributed by atoms with Gasteiger partial charge in [-0.1, -0.05) is 6.07 Å². The fraction of sp³-hybridized carbons (Fsp3) is 0.500. The lowest BCUT2D eigenvalue weighted by molar-refractivity contribution is -0.125. The Balaban J connectivity index is 2.02. The van der Waals surface area contributed by atoms with Crippen molar-refractivity contribution >= 4 is 5.78 Å². The lowest BCUT2D eigenvalue weighted by Gasteiger charge is -2.36. The van der Waals surface area contributed by atoms with Crippen molar-refractivity contribution in [2.75, 3.05) is 0 Å². The van der Waals surface area contributed by atoms with Crippen molar-refractivity contribution in [2.24, 2.45) is 5.92 Å². The molecule has 0 heterocycles. The van der Waals surface area contributed by atoms with Gasteiger partial charge in [-0.05, 0) is 54.9 Å². The summed E-state index contributed by atoms with van der Waals surface area (Å²) in [5.41, 5.74) is 2.55. The Morgan fingerprint density at radius 3 is 2.88 bits per heavy atom. The number of ketones is 1. The minimum atomic E-state index is 0.255. The maximum Gasteiger partial charge on any atom is 0.136 e. The van der Waals surface area contributed by atoms with Gasteiger partial charge in [0.25, 0.3) is 0 Å². The number of aryl methyl sites for hydroxylation is 1. The monoisotopic (exact) mass is 216 g/mol. The van der Waals surface area contributed by atoms with E-state index in [1.54, 1.807) is 6.07 Å². The topological polar surface area (TPSA) is 37.3 Å². The number of benzene rings is 1. The standard InChI is InChI=1S/C14H16O2/c15-10-5-7-11-9(8-10)4-6-13-12(11)2-1-3-14(13)16/h5,7-8,12-13,15H,1-4,6H2. The summed E-state index contributed by atoms with van der Waals surface area (Å²) in [6, 6.07) is 5.63. The molecule has 2 heteroatoms. The van der Waals surface area contributed by atoms with Crippen molar-refractivity contribution in [3.8, 4) is 5.75 Å². The number of phenols is 1. The Bertz CT molecular complexity index is 436. The molecule has 2 aliphatic rings. The number of hydrogen-bond donors (Lipinski definition) is 1. The van der Waals surface area contributed by atoms with Crippen molar-refractivity contribution < 1.29 is 9.90 Å². The summed E-state index contributed by atoms with van der Waals surface area (Å²) in [6.07, 6.45) is 4.85. The second kappa shape index (κ2) is 3.62. The number of phenolic OH excluding ortho intramolecular Hbond substituents is 1. The molecule has 0 amide bonds. The summed E-state index contributed by atoms with van der Waals surface area (Å²) in [6.45, 7) is 0. The van der Waals surface area contributed by atoms with Gasteiger partial charge < -0.3 is 5.11 Å². The Morgan fingerprint density at radius 1 is 1.12 bits per heavy atom. The molecule has 2 atom stereocenters. The number of hydrogen-bond acceptors (Lipinski definition) is 2. The van der Waals surface area contributed by atoms with Crippen LogP contribution in [0.2, 0.25) is 0 Å². The van der Waals surface area contributed by atoms with E-state index < -0.39 is 0 Å². The van der Waals surface area contributed by atoms with Crippen LogP contribution in [-0.4, -0.2) is 10.9 Å². The zero-order chi connectivity index (χ0) is 11.1. The molecule has 2 aliphatic carbocycles. The molecule has 0 spiro atoms. The van der Waals surface area contributed by atoms with Crippen LogP contribution in [0.1, 0.15) is 42.7 Å². The fourth-order valence-corrected chi connectivity index (χ4v) is 3.32. The molecule has 2 unspecified atom stereocenters. The molecule has 0 saturated heterocycles. The summed E-state index contributed by atoms with van der Waals surface area (Å²) in [5.74, 6) is 1.48. The van der Waals surface area contributed by atoms with Crippen LogP contribution in [0, 0.1) is 5.92 Å². The van der Waals surface area contributed by atoms with Crippen LogP contribution in [0.25, 0.3) is 0 Å². The molecule has 1 aromatic carbocycles. The Labute approximate surface area is 95.3 Å². The Kier molecular flexibility index (Phi) is 2.23. The van der Waals surface area contributed by atoms with Gasteiger partial charge in [0.1, 0.15) is 11.5 Å². The van der Waals surface area contributed by atoms with Crippen molar-refractivity contribution in [3.63, 3.8) is 0 Å². The summed E-state index contributed by atoms with van der Waals surface area (Å²) in [5, 5.41) is 9.47. The number of fused-ring (bicyclic) bond motifs is 3. The average Bonchev–Trinajstić information content (AvgIpc) is 2.28. The van der Waals surface area contributed by atoms with Crippen LogP contribution in [0.15, 0.2) is 18.2 Å². The van der Waals surface area contributed by atoms with Crippen LogP contribution in [0.3, 0.4) is 0 Å². The largest absolute Gasteiger partial charge is 0.508 e. The second-order valence-corrected chi connectivity index (χ2v) is 4.99. The quantitative estimate of drug-likeness (QED) is 0.724. The van der Waals surface area contributed by atoms with Gasteiger partial charge >= 0.3 is 0 Å². The summed E-state index contributed by atoms with van der Waals surface area (Å²) in [4.78, 5) is 11.9. The molecule has 16 heavy (non-hydrogen) atoms. The number of Topliss-reactive ketones (excluding diaryl/α,β-unsaturated/α-hetero) is 1. The maximum atomic E-state index is 11.9. The molecule has 84 valence electrons. The second-order valence-electron chi connectivity index (χ2n) is 4.99. The van der Waals surface area contributed by atoms with Gasteiger partial charge in [-0.15, -0.1) is 0 Å². The van der Waals surface area contributed by atoms with Crippen LogP contribution in [0.4, 0.5) is 0 Å². The van der Waals surface area contributed by atoms with Gasteiger partial charge in [0.2, 0.25) is 0 Å². The third kappa shape index (κ3) is 1.44. The number of carbonyl (C=O) groups excluding carboxylic acids is 1. The van der Waals surface area contributed by atoms with Gasteiger partial charge in [0, 0.05) is 12.3 Å². The van der Waals surface area contributed by atoms with Crippen molar-refractivity contribution in [1.29, 1.82) is 0 Å². The average molecular weight is 216 g/mol. The van der Waals surface area contributed by atoms with Gasteiger partial charge in [-0.3, -0.25) is 4.79 Å². The van der Waals surface area contributed by atoms with E-state index in [-0.39, 0.29) is 5.92 Å². The number of aromatic hydroxyl groups is 1. The van der Waals surface area contributed by atoms with Crippen molar-refractivity contribution in [3.05, 3.63) is 29.3 Å². The van der Waals surface area contributed by atoms with Gasteiger partial charge in [0.15, 0.2) is 0 Å². The Morgan fingerprint density at radius 2 is 2.00 bits per heavy atom. The molecule has 0 aliphatic heterocycles. The Hall–Kier alpha value is -1.31. The lowest BCUT2D eigenvalue weighted by atomic mass is 9.67. The van der Waals surface area contributed by atoms with Crippen molar-refractivity contribution in [2.45, 2.75) is 38.0 Å². The van der Waals surface area contributed by atoms with Crippen LogP contribution in [-0.2, 0) is 11.2 Å². The SMILES string of the molecule is O=C1CCCC2c3ccc(O)cc3CCC12. The van der Waals surface area contributed by atoms with E-state index in [0.717, 1.165) is 32.1 Å². The fourth-order valence-electron chi connectivity index (χ4n) is 3.32. The molecule has 0 radical (unpaired) electrons. The van der Waals surface area contributed by atoms with E-state index in [1.807, 2.05) is 12.1 Å².